The van der Waals surface area contributed by atoms with E-state index in [1.165, 1.54) is 0 Å². The number of aromatic nitrogens is 5. The van der Waals surface area contributed by atoms with Crippen LogP contribution in [0.2, 0.25) is 0 Å². The molecule has 0 unspecified atom stereocenters. The maximum atomic E-state index is 6.60. The minimum absolute atomic E-state index is 0.786. The Labute approximate surface area is 436 Å². The number of benzene rings is 10. The molecule has 0 aliphatic rings. The molecule has 6 nitrogen and oxygen atoms in total. The molecule has 0 aliphatic carbocycles. The van der Waals surface area contributed by atoms with E-state index in [9.17, 15) is 0 Å². The van der Waals surface area contributed by atoms with Crippen LogP contribution in [0.3, 0.4) is 0 Å². The molecular formula is C70H43N5O. The lowest BCUT2D eigenvalue weighted by atomic mass is 9.90. The normalized spacial score (nSPS) is 11.9. The lowest BCUT2D eigenvalue weighted by Gasteiger charge is -2.26. The van der Waals surface area contributed by atoms with Crippen LogP contribution in [0.5, 0.6) is 0 Å². The van der Waals surface area contributed by atoms with Gasteiger partial charge in [-0.15, -0.1) is 0 Å². The van der Waals surface area contributed by atoms with Crippen LogP contribution in [0.25, 0.3) is 149 Å². The van der Waals surface area contributed by atoms with Gasteiger partial charge in [-0.25, -0.2) is 9.97 Å². The maximum Gasteiger partial charge on any atom is 0.165 e. The highest BCUT2D eigenvalue weighted by atomic mass is 16.3. The number of nitrogens with zero attached hydrogens (tertiary/aromatic N) is 5. The van der Waals surface area contributed by atoms with Gasteiger partial charge in [0.25, 0.3) is 0 Å². The molecule has 10 aromatic carbocycles. The van der Waals surface area contributed by atoms with Crippen LogP contribution in [-0.4, -0.2) is 23.7 Å². The zero-order valence-corrected chi connectivity index (χ0v) is 41.0. The third kappa shape index (κ3) is 6.28. The van der Waals surface area contributed by atoms with Gasteiger partial charge in [-0.3, -0.25) is 9.13 Å². The summed E-state index contributed by atoms with van der Waals surface area (Å²) in [6.45, 7) is 0. The topological polar surface area (TPSA) is 53.7 Å². The van der Waals surface area contributed by atoms with Gasteiger partial charge in [0, 0.05) is 65.3 Å². The number of rotatable bonds is 7. The molecule has 0 amide bonds. The van der Waals surface area contributed by atoms with Gasteiger partial charge in [0.05, 0.1) is 50.2 Å². The van der Waals surface area contributed by atoms with Gasteiger partial charge in [-0.2, -0.15) is 0 Å². The van der Waals surface area contributed by atoms with Crippen LogP contribution >= 0.6 is 0 Å². The molecule has 0 atom stereocenters. The first-order valence-corrected chi connectivity index (χ1v) is 25.8. The lowest BCUT2D eigenvalue weighted by molar-refractivity contribution is 0.669. The van der Waals surface area contributed by atoms with Crippen molar-refractivity contribution < 1.29 is 4.42 Å². The molecule has 0 N–H and O–H groups in total. The summed E-state index contributed by atoms with van der Waals surface area (Å²) in [6, 6.07) is 93.5. The summed E-state index contributed by atoms with van der Waals surface area (Å²) in [7, 11) is 0. The Hall–Kier alpha value is -10.3. The molecule has 76 heavy (non-hydrogen) atoms. The molecule has 16 rings (SSSR count). The summed E-state index contributed by atoms with van der Waals surface area (Å²) in [5, 5.41) is 8.99. The molecule has 6 aromatic heterocycles. The third-order valence-electron chi connectivity index (χ3n) is 15.4. The van der Waals surface area contributed by atoms with Crippen LogP contribution in [0.1, 0.15) is 0 Å². The highest BCUT2D eigenvalue weighted by Crippen LogP contribution is 2.50. The fraction of sp³-hybridized carbons (Fsp3) is 0. The Morgan fingerprint density at radius 3 is 1.11 bits per heavy atom. The molecule has 354 valence electrons. The van der Waals surface area contributed by atoms with E-state index in [1.54, 1.807) is 0 Å². The molecule has 6 heterocycles. The van der Waals surface area contributed by atoms with E-state index < -0.39 is 0 Å². The third-order valence-corrected chi connectivity index (χ3v) is 15.4. The number of hydrogen-bond acceptors (Lipinski definition) is 3. The molecule has 0 saturated heterocycles. The Kier molecular flexibility index (Phi) is 9.23. The zero-order valence-electron chi connectivity index (χ0n) is 41.0. The van der Waals surface area contributed by atoms with E-state index in [4.69, 9.17) is 14.4 Å². The number of para-hydroxylation sites is 7. The van der Waals surface area contributed by atoms with Gasteiger partial charge < -0.3 is 8.98 Å². The first-order valence-electron chi connectivity index (χ1n) is 25.8. The minimum atomic E-state index is 0.786. The number of hydrogen-bond donors (Lipinski definition) is 0. The van der Waals surface area contributed by atoms with Crippen LogP contribution in [0.15, 0.2) is 265 Å². The molecular weight excluding hydrogens is 927 g/mol. The van der Waals surface area contributed by atoms with Crippen LogP contribution < -0.4 is 0 Å². The molecule has 0 spiro atoms. The summed E-state index contributed by atoms with van der Waals surface area (Å²) in [6.07, 6.45) is 0. The van der Waals surface area contributed by atoms with Crippen molar-refractivity contribution in [3.8, 4) is 62.1 Å². The lowest BCUT2D eigenvalue weighted by Crippen LogP contribution is -2.13. The van der Waals surface area contributed by atoms with Gasteiger partial charge in [-0.1, -0.05) is 194 Å². The minimum Gasteiger partial charge on any atom is -0.456 e. The van der Waals surface area contributed by atoms with Crippen molar-refractivity contribution in [2.24, 2.45) is 0 Å². The largest absolute Gasteiger partial charge is 0.456 e. The van der Waals surface area contributed by atoms with Crippen molar-refractivity contribution in [3.63, 3.8) is 0 Å². The molecule has 0 fully saturated rings. The van der Waals surface area contributed by atoms with Crippen molar-refractivity contribution in [2.75, 3.05) is 0 Å². The highest BCUT2D eigenvalue weighted by molar-refractivity contribution is 6.15. The Bertz CT molecular complexity index is 4780. The van der Waals surface area contributed by atoms with E-state index in [-0.39, 0.29) is 0 Å². The van der Waals surface area contributed by atoms with Gasteiger partial charge in [0.15, 0.2) is 5.82 Å². The van der Waals surface area contributed by atoms with E-state index in [1.807, 2.05) is 6.07 Å². The first kappa shape index (κ1) is 42.2. The molecule has 16 aromatic rings. The molecule has 0 saturated carbocycles. The van der Waals surface area contributed by atoms with E-state index in [0.29, 0.717) is 0 Å². The SMILES string of the molecule is c1ccc(-c2cc(-c3c(-c4ccc5oc6ccccc6c5c4)c(-n4c5ccccc5c5ccccc54)nc(-n4c5ccccc5c5ccccc54)c3-n3c4ccccc4c4ccccc43)cc(-c3ccccc3)n2)cc1. The standard InChI is InChI=1S/C70H43N5O/c1-3-21-44(22-4-1)56-42-47(43-57(71-56)45-23-5-2-6-24-45)66-67(46-39-40-65-55(41-46)54-31-13-20-38-64(54)76-65)69(74-60-34-16-9-27-50(60)51-28-10-17-35-61(51)74)72-70(75-62-36-18-11-29-52(62)53-30-12-19-37-63(53)75)68(66)73-58-32-14-7-25-48(58)49-26-8-15-33-59(49)73/h1-43H. The predicted octanol–water partition coefficient (Wildman–Crippen LogP) is 18.3. The van der Waals surface area contributed by atoms with Crippen LogP contribution in [0, 0.1) is 0 Å². The Balaban J connectivity index is 1.21. The fourth-order valence-electron chi connectivity index (χ4n) is 12.2. The fourth-order valence-corrected chi connectivity index (χ4v) is 12.2. The second-order valence-corrected chi connectivity index (χ2v) is 19.6. The van der Waals surface area contributed by atoms with Gasteiger partial charge in [0.2, 0.25) is 0 Å². The van der Waals surface area contributed by atoms with E-state index >= 15 is 0 Å². The molecule has 0 radical (unpaired) electrons. The van der Waals surface area contributed by atoms with Crippen LogP contribution in [0.4, 0.5) is 0 Å². The molecule has 0 aliphatic heterocycles. The second-order valence-electron chi connectivity index (χ2n) is 19.6. The molecule has 0 bridgehead atoms. The maximum absolute atomic E-state index is 6.60. The van der Waals surface area contributed by atoms with E-state index in [0.717, 1.165) is 149 Å². The average molecular weight is 970 g/mol. The Morgan fingerprint density at radius 1 is 0.250 bits per heavy atom. The van der Waals surface area contributed by atoms with Crippen molar-refractivity contribution in [3.05, 3.63) is 261 Å². The molecule has 6 heteroatoms. The van der Waals surface area contributed by atoms with Gasteiger partial charge in [-0.05, 0) is 77.9 Å². The number of furan rings is 1. The quantitative estimate of drug-likeness (QED) is 0.160. The summed E-state index contributed by atoms with van der Waals surface area (Å²) < 4.78 is 13.9. The zero-order chi connectivity index (χ0) is 49.8. The number of pyridine rings is 2. The van der Waals surface area contributed by atoms with Crippen molar-refractivity contribution in [1.29, 1.82) is 0 Å². The smallest absolute Gasteiger partial charge is 0.165 e. The van der Waals surface area contributed by atoms with Crippen molar-refractivity contribution in [1.82, 2.24) is 23.7 Å². The Morgan fingerprint density at radius 2 is 0.632 bits per heavy atom. The average Bonchev–Trinajstić information content (AvgIpc) is 4.38. The van der Waals surface area contributed by atoms with Crippen molar-refractivity contribution in [2.45, 2.75) is 0 Å². The summed E-state index contributed by atoms with van der Waals surface area (Å²) in [4.78, 5) is 11.9. The second kappa shape index (κ2) is 16.6. The highest BCUT2D eigenvalue weighted by Gasteiger charge is 2.32. The monoisotopic (exact) mass is 969 g/mol. The summed E-state index contributed by atoms with van der Waals surface area (Å²) in [5.41, 5.74) is 16.7. The summed E-state index contributed by atoms with van der Waals surface area (Å²) >= 11 is 0. The van der Waals surface area contributed by atoms with Crippen molar-refractivity contribution >= 4 is 87.4 Å². The van der Waals surface area contributed by atoms with Gasteiger partial charge in [0.1, 0.15) is 17.0 Å². The summed E-state index contributed by atoms with van der Waals surface area (Å²) in [5.74, 6) is 1.58. The predicted molar refractivity (Wildman–Crippen MR) is 314 cm³/mol. The van der Waals surface area contributed by atoms with Crippen LogP contribution in [-0.2, 0) is 0 Å². The first-order chi connectivity index (χ1) is 37.7. The number of fused-ring (bicyclic) bond motifs is 12. The van der Waals surface area contributed by atoms with Gasteiger partial charge >= 0.3 is 0 Å². The van der Waals surface area contributed by atoms with E-state index in [2.05, 4.69) is 268 Å².